The number of rotatable bonds is 4. The maximum Gasteiger partial charge on any atom is 0.387 e. The third-order valence-corrected chi connectivity index (χ3v) is 6.77. The van der Waals surface area contributed by atoms with Crippen LogP contribution in [0.4, 0.5) is 13.2 Å². The van der Waals surface area contributed by atoms with Crippen molar-refractivity contribution in [2.24, 2.45) is 5.92 Å². The molecule has 0 spiro atoms. The molecule has 1 aromatic carbocycles. The minimum atomic E-state index is -3.12. The van der Waals surface area contributed by atoms with Crippen molar-refractivity contribution in [1.82, 2.24) is 0 Å². The zero-order valence-electron chi connectivity index (χ0n) is 12.3. The average Bonchev–Trinajstić information content (AvgIpc) is 2.45. The molecule has 2 bridgehead atoms. The molecule has 0 N–H and O–H groups in total. The minimum absolute atomic E-state index is 0.00337. The number of hydrogen-bond donors (Lipinski definition) is 0. The van der Waals surface area contributed by atoms with Gasteiger partial charge in [-0.1, -0.05) is 6.42 Å². The van der Waals surface area contributed by atoms with E-state index >= 15 is 0 Å². The number of benzene rings is 1. The van der Waals surface area contributed by atoms with Crippen molar-refractivity contribution in [2.75, 3.05) is 0 Å². The molecule has 2 aliphatic heterocycles. The van der Waals surface area contributed by atoms with E-state index in [9.17, 15) is 22.2 Å². The van der Waals surface area contributed by atoms with Crippen LogP contribution in [0.25, 0.3) is 0 Å². The van der Waals surface area contributed by atoms with E-state index in [1.807, 2.05) is 0 Å². The summed E-state index contributed by atoms with van der Waals surface area (Å²) in [6.45, 7) is -3.12. The monoisotopic (exact) mass is 346 g/mol. The predicted molar refractivity (Wildman–Crippen MR) is 79.7 cm³/mol. The number of ether oxygens (including phenoxy) is 1. The fourth-order valence-corrected chi connectivity index (χ4v) is 5.75. The standard InChI is InChI=1S/C16H17F3O3S/c17-10-4-5-13(14(8-10)22-16(18)19)15(20)9-6-11-2-1-3-12(7-9)23(11)21/h4-5,8-9,11-12,16H,1-3,6-7H2. The van der Waals surface area contributed by atoms with Crippen molar-refractivity contribution < 1.29 is 26.9 Å². The van der Waals surface area contributed by atoms with Gasteiger partial charge in [0.1, 0.15) is 11.6 Å². The van der Waals surface area contributed by atoms with Crippen molar-refractivity contribution >= 4 is 16.6 Å². The molecule has 2 fully saturated rings. The van der Waals surface area contributed by atoms with Gasteiger partial charge in [-0.05, 0) is 37.8 Å². The lowest BCUT2D eigenvalue weighted by Gasteiger charge is -2.37. The SMILES string of the molecule is O=C(c1ccc(F)cc1OC(F)F)C1CC2CCCC(C1)S2=O. The van der Waals surface area contributed by atoms with Crippen LogP contribution in [0.5, 0.6) is 5.75 Å². The predicted octanol–water partition coefficient (Wildman–Crippen LogP) is 3.69. The Balaban J connectivity index is 1.84. The molecule has 0 amide bonds. The quantitative estimate of drug-likeness (QED) is 0.781. The van der Waals surface area contributed by atoms with Gasteiger partial charge in [-0.25, -0.2) is 4.39 Å². The van der Waals surface area contributed by atoms with Gasteiger partial charge in [-0.15, -0.1) is 0 Å². The zero-order chi connectivity index (χ0) is 16.6. The molecule has 2 saturated heterocycles. The van der Waals surface area contributed by atoms with Gasteiger partial charge < -0.3 is 4.74 Å². The average molecular weight is 346 g/mol. The smallest absolute Gasteiger partial charge is 0.387 e. The summed E-state index contributed by atoms with van der Waals surface area (Å²) in [4.78, 5) is 12.7. The molecule has 2 aliphatic rings. The van der Waals surface area contributed by atoms with Crippen LogP contribution in [0.15, 0.2) is 18.2 Å². The van der Waals surface area contributed by atoms with E-state index in [0.717, 1.165) is 31.4 Å². The lowest BCUT2D eigenvalue weighted by Crippen LogP contribution is -2.41. The van der Waals surface area contributed by atoms with Gasteiger partial charge in [0.25, 0.3) is 0 Å². The number of hydrogen-bond acceptors (Lipinski definition) is 3. The highest BCUT2D eigenvalue weighted by molar-refractivity contribution is 7.86. The summed E-state index contributed by atoms with van der Waals surface area (Å²) in [5.74, 6) is -1.86. The molecular formula is C16H17F3O3S. The van der Waals surface area contributed by atoms with Crippen molar-refractivity contribution in [1.29, 1.82) is 0 Å². The molecule has 7 heteroatoms. The first-order chi connectivity index (χ1) is 11.0. The zero-order valence-corrected chi connectivity index (χ0v) is 13.2. The van der Waals surface area contributed by atoms with Gasteiger partial charge in [0, 0.05) is 33.3 Å². The lowest BCUT2D eigenvalue weighted by molar-refractivity contribution is -0.0503. The first kappa shape index (κ1) is 16.5. The Morgan fingerprint density at radius 3 is 2.48 bits per heavy atom. The van der Waals surface area contributed by atoms with Crippen LogP contribution in [0.2, 0.25) is 0 Å². The van der Waals surface area contributed by atoms with Crippen molar-refractivity contribution in [3.05, 3.63) is 29.6 Å². The Hall–Kier alpha value is -1.37. The van der Waals surface area contributed by atoms with Crippen LogP contribution < -0.4 is 4.74 Å². The van der Waals surface area contributed by atoms with Gasteiger partial charge >= 0.3 is 6.61 Å². The summed E-state index contributed by atoms with van der Waals surface area (Å²) in [5.41, 5.74) is -0.0255. The molecule has 0 aliphatic carbocycles. The Bertz CT molecular complexity index is 619. The first-order valence-electron chi connectivity index (χ1n) is 7.63. The van der Waals surface area contributed by atoms with Gasteiger partial charge in [0.05, 0.1) is 5.56 Å². The highest BCUT2D eigenvalue weighted by Crippen LogP contribution is 2.39. The maximum absolute atomic E-state index is 13.3. The summed E-state index contributed by atoms with van der Waals surface area (Å²) >= 11 is 0. The second-order valence-corrected chi connectivity index (χ2v) is 8.05. The second kappa shape index (κ2) is 6.63. The van der Waals surface area contributed by atoms with Crippen LogP contribution in [0.3, 0.4) is 0 Å². The molecule has 3 nitrogen and oxygen atoms in total. The van der Waals surface area contributed by atoms with E-state index in [2.05, 4.69) is 4.74 Å². The van der Waals surface area contributed by atoms with Crippen molar-refractivity contribution in [3.63, 3.8) is 0 Å². The molecule has 1 aromatic rings. The number of carbonyl (C=O) groups excluding carboxylic acids is 1. The van der Waals surface area contributed by atoms with Crippen molar-refractivity contribution in [3.8, 4) is 5.75 Å². The third kappa shape index (κ3) is 3.44. The molecule has 126 valence electrons. The van der Waals surface area contributed by atoms with E-state index in [4.69, 9.17) is 0 Å². The van der Waals surface area contributed by atoms with E-state index in [1.165, 1.54) is 6.07 Å². The molecule has 0 saturated carbocycles. The number of halogens is 3. The minimum Gasteiger partial charge on any atom is -0.434 e. The molecular weight excluding hydrogens is 329 g/mol. The molecule has 2 heterocycles. The van der Waals surface area contributed by atoms with Crippen LogP contribution in [-0.4, -0.2) is 27.1 Å². The summed E-state index contributed by atoms with van der Waals surface area (Å²) in [7, 11) is -0.911. The number of fused-ring (bicyclic) bond motifs is 2. The first-order valence-corrected chi connectivity index (χ1v) is 8.91. The number of Topliss-reactive ketones (excluding diaryl/α,β-unsaturated/α-hetero) is 1. The molecule has 2 atom stereocenters. The van der Waals surface area contributed by atoms with E-state index in [-0.39, 0.29) is 27.8 Å². The Kier molecular flexibility index (Phi) is 4.75. The van der Waals surface area contributed by atoms with E-state index in [0.29, 0.717) is 12.8 Å². The summed E-state index contributed by atoms with van der Waals surface area (Å²) in [6, 6.07) is 3.06. The van der Waals surface area contributed by atoms with Crippen LogP contribution in [0, 0.1) is 11.7 Å². The van der Waals surface area contributed by atoms with Crippen molar-refractivity contribution in [2.45, 2.75) is 49.2 Å². The van der Waals surface area contributed by atoms with Crippen LogP contribution in [-0.2, 0) is 10.8 Å². The molecule has 2 unspecified atom stereocenters. The molecule has 0 radical (unpaired) electrons. The Labute approximate surface area is 134 Å². The van der Waals surface area contributed by atoms with E-state index < -0.39 is 29.0 Å². The Morgan fingerprint density at radius 2 is 1.87 bits per heavy atom. The number of ketones is 1. The molecule has 0 aromatic heterocycles. The number of carbonyl (C=O) groups is 1. The van der Waals surface area contributed by atoms with Gasteiger partial charge in [-0.2, -0.15) is 8.78 Å². The van der Waals surface area contributed by atoms with E-state index in [1.54, 1.807) is 0 Å². The highest BCUT2D eigenvalue weighted by atomic mass is 32.2. The highest BCUT2D eigenvalue weighted by Gasteiger charge is 2.41. The number of alkyl halides is 2. The maximum atomic E-state index is 13.3. The summed E-state index contributed by atoms with van der Waals surface area (Å²) < 4.78 is 54.7. The Morgan fingerprint density at radius 1 is 1.22 bits per heavy atom. The van der Waals surface area contributed by atoms with Crippen LogP contribution >= 0.6 is 0 Å². The summed E-state index contributed by atoms with van der Waals surface area (Å²) in [6.07, 6.45) is 3.66. The summed E-state index contributed by atoms with van der Waals surface area (Å²) in [5, 5.41) is -0.00673. The molecule has 23 heavy (non-hydrogen) atoms. The van der Waals surface area contributed by atoms with Gasteiger partial charge in [0.15, 0.2) is 5.78 Å². The molecule has 3 rings (SSSR count). The normalized spacial score (nSPS) is 30.3. The fraction of sp³-hybridized carbons (Fsp3) is 0.562. The fourth-order valence-electron chi connectivity index (χ4n) is 3.56. The largest absolute Gasteiger partial charge is 0.434 e. The third-order valence-electron chi connectivity index (χ3n) is 4.60. The topological polar surface area (TPSA) is 43.4 Å². The lowest BCUT2D eigenvalue weighted by atomic mass is 9.84. The second-order valence-electron chi connectivity index (χ2n) is 6.06. The van der Waals surface area contributed by atoms with Gasteiger partial charge in [-0.3, -0.25) is 9.00 Å². The van der Waals surface area contributed by atoms with Gasteiger partial charge in [0.2, 0.25) is 0 Å². The van der Waals surface area contributed by atoms with Crippen LogP contribution in [0.1, 0.15) is 42.5 Å².